The maximum absolute atomic E-state index is 10.6. The smallest absolute Gasteiger partial charge is 0.119 e. The molecule has 0 saturated heterocycles. The summed E-state index contributed by atoms with van der Waals surface area (Å²) in [4.78, 5) is 0. The minimum absolute atomic E-state index is 0.0547. The summed E-state index contributed by atoms with van der Waals surface area (Å²) in [6.45, 7) is 13.1. The van der Waals surface area contributed by atoms with Gasteiger partial charge in [-0.05, 0) is 169 Å². The van der Waals surface area contributed by atoms with E-state index in [-0.39, 0.29) is 33.9 Å². The zero-order chi connectivity index (χ0) is 31.8. The van der Waals surface area contributed by atoms with E-state index in [2.05, 4.69) is 63.4 Å². The van der Waals surface area contributed by atoms with Gasteiger partial charge in [-0.3, -0.25) is 0 Å². The van der Waals surface area contributed by atoms with Gasteiger partial charge in [0.05, 0.1) is 19.3 Å². The van der Waals surface area contributed by atoms with Crippen LogP contribution < -0.4 is 4.74 Å². The molecule has 4 nitrogen and oxygen atoms in total. The first-order valence-corrected chi connectivity index (χ1v) is 17.7. The van der Waals surface area contributed by atoms with Crippen molar-refractivity contribution in [1.29, 1.82) is 0 Å². The number of allylic oxidation sites excluding steroid dienone is 2. The molecule has 0 amide bonds. The number of hydrogen-bond donors (Lipinski definition) is 3. The standard InChI is InChI=1S/C21H28O2.C20H26O2/c1-4-21-12-9-14-13-15(23-3)5-6-16(14)17(21)10-11-20(2)18(21)7-8-19(20)22;1-3-20-11-8-13-12-14(21)4-5-15(13)16(20)9-10-19(2)17(20)6-7-18(19)22/h4-6,13,17-19,22H,1,7-12H2,2-3H3;3-5,12,16-18,21-22H,1,6-11H2,2H3/t17-,18-,19+,20+,21-;16-,17-,18+,19+,20-/m11/s1. The van der Waals surface area contributed by atoms with Gasteiger partial charge >= 0.3 is 0 Å². The molecule has 0 aromatic heterocycles. The van der Waals surface area contributed by atoms with E-state index >= 15 is 0 Å². The van der Waals surface area contributed by atoms with E-state index in [1.807, 2.05) is 12.1 Å². The molecule has 0 aliphatic heterocycles. The fourth-order valence-corrected chi connectivity index (χ4v) is 12.3. The van der Waals surface area contributed by atoms with Crippen molar-refractivity contribution in [2.45, 2.75) is 115 Å². The average molecular weight is 611 g/mol. The molecule has 0 spiro atoms. The minimum Gasteiger partial charge on any atom is -0.508 e. The fraction of sp³-hybridized carbons (Fsp3) is 0.610. The number of methoxy groups -OCH3 is 1. The van der Waals surface area contributed by atoms with E-state index in [9.17, 15) is 15.3 Å². The molecule has 2 aromatic rings. The number of phenolic OH excluding ortho intramolecular Hbond substituents is 1. The van der Waals surface area contributed by atoms with Crippen molar-refractivity contribution in [2.24, 2.45) is 33.5 Å². The van der Waals surface area contributed by atoms with Crippen LogP contribution in [0.4, 0.5) is 0 Å². The van der Waals surface area contributed by atoms with Gasteiger partial charge < -0.3 is 20.1 Å². The second-order valence-electron chi connectivity index (χ2n) is 16.1. The van der Waals surface area contributed by atoms with Gasteiger partial charge in [-0.2, -0.15) is 0 Å². The van der Waals surface area contributed by atoms with Gasteiger partial charge in [0.15, 0.2) is 0 Å². The lowest BCUT2D eigenvalue weighted by atomic mass is 9.47. The van der Waals surface area contributed by atoms with Crippen molar-refractivity contribution < 1.29 is 20.1 Å². The Bertz CT molecular complexity index is 1480. The predicted molar refractivity (Wildman–Crippen MR) is 181 cm³/mol. The Morgan fingerprint density at radius 1 is 0.689 bits per heavy atom. The fourth-order valence-electron chi connectivity index (χ4n) is 12.3. The topological polar surface area (TPSA) is 69.9 Å². The lowest BCUT2D eigenvalue weighted by Gasteiger charge is -2.57. The van der Waals surface area contributed by atoms with Gasteiger partial charge in [-0.1, -0.05) is 38.1 Å². The van der Waals surface area contributed by atoms with Gasteiger partial charge in [0, 0.05) is 0 Å². The van der Waals surface area contributed by atoms with Crippen molar-refractivity contribution in [1.82, 2.24) is 0 Å². The van der Waals surface area contributed by atoms with Gasteiger partial charge in [0.1, 0.15) is 11.5 Å². The van der Waals surface area contributed by atoms with Crippen LogP contribution in [0.25, 0.3) is 0 Å². The molecule has 0 heterocycles. The first-order chi connectivity index (χ1) is 21.6. The minimum atomic E-state index is -0.156. The van der Waals surface area contributed by atoms with Crippen molar-refractivity contribution in [3.05, 3.63) is 84.0 Å². The Labute approximate surface area is 270 Å². The number of aliphatic hydroxyl groups is 2. The highest BCUT2D eigenvalue weighted by atomic mass is 16.5. The lowest BCUT2D eigenvalue weighted by molar-refractivity contribution is -0.0528. The quantitative estimate of drug-likeness (QED) is 0.304. The van der Waals surface area contributed by atoms with Crippen LogP contribution in [-0.2, 0) is 12.8 Å². The number of rotatable bonds is 3. The lowest BCUT2D eigenvalue weighted by Crippen LogP contribution is -2.50. The molecule has 3 N–H and O–H groups in total. The van der Waals surface area contributed by atoms with E-state index in [1.165, 1.54) is 22.3 Å². The Morgan fingerprint density at radius 3 is 1.67 bits per heavy atom. The molecule has 0 bridgehead atoms. The summed E-state index contributed by atoms with van der Waals surface area (Å²) in [7, 11) is 1.74. The van der Waals surface area contributed by atoms with Crippen LogP contribution >= 0.6 is 0 Å². The van der Waals surface area contributed by atoms with Gasteiger partial charge in [0.25, 0.3) is 0 Å². The zero-order valence-corrected chi connectivity index (χ0v) is 27.7. The second-order valence-corrected chi connectivity index (χ2v) is 16.1. The summed E-state index contributed by atoms with van der Waals surface area (Å²) in [5, 5.41) is 30.9. The molecule has 45 heavy (non-hydrogen) atoms. The molecule has 242 valence electrons. The number of aromatic hydroxyl groups is 1. The van der Waals surface area contributed by atoms with Gasteiger partial charge in [0.2, 0.25) is 0 Å². The number of hydrogen-bond acceptors (Lipinski definition) is 4. The molecular formula is C41H54O4. The van der Waals surface area contributed by atoms with E-state index in [0.29, 0.717) is 29.4 Å². The maximum Gasteiger partial charge on any atom is 0.119 e. The number of aliphatic hydroxyl groups excluding tert-OH is 2. The van der Waals surface area contributed by atoms with Crippen LogP contribution in [0, 0.1) is 33.5 Å². The Balaban J connectivity index is 0.000000145. The number of aryl methyl sites for hydroxylation is 2. The molecule has 8 rings (SSSR count). The van der Waals surface area contributed by atoms with Crippen molar-refractivity contribution in [3.63, 3.8) is 0 Å². The average Bonchev–Trinajstić information content (AvgIpc) is 3.54. The van der Waals surface area contributed by atoms with E-state index in [0.717, 1.165) is 82.8 Å². The third-order valence-corrected chi connectivity index (χ3v) is 14.8. The van der Waals surface area contributed by atoms with Crippen LogP contribution in [-0.4, -0.2) is 34.6 Å². The Morgan fingerprint density at radius 2 is 1.18 bits per heavy atom. The molecular weight excluding hydrogens is 556 g/mol. The number of benzene rings is 2. The van der Waals surface area contributed by atoms with Crippen LogP contribution in [0.5, 0.6) is 11.5 Å². The monoisotopic (exact) mass is 610 g/mol. The zero-order valence-electron chi connectivity index (χ0n) is 27.7. The SMILES string of the molecule is C=C[C@@]12CCc3cc(O)ccc3[C@H]1CC[C@@]1(C)[C@H]2CC[C@@H]1O.C=C[C@@]12CCc3cc(OC)ccc3[C@H]1CC[C@@]1(C)[C@H]2CC[C@@H]1O. The third-order valence-electron chi connectivity index (χ3n) is 14.8. The third kappa shape index (κ3) is 4.37. The largest absolute Gasteiger partial charge is 0.508 e. The highest BCUT2D eigenvalue weighted by Crippen LogP contribution is 2.69. The van der Waals surface area contributed by atoms with Gasteiger partial charge in [-0.25, -0.2) is 0 Å². The first-order valence-electron chi connectivity index (χ1n) is 17.7. The van der Waals surface area contributed by atoms with E-state index < -0.39 is 0 Å². The number of ether oxygens (including phenoxy) is 1. The Kier molecular flexibility index (Phi) is 7.60. The molecule has 4 heteroatoms. The number of phenols is 1. The molecule has 0 radical (unpaired) electrons. The molecule has 0 unspecified atom stereocenters. The van der Waals surface area contributed by atoms with Crippen molar-refractivity contribution in [3.8, 4) is 11.5 Å². The molecule has 6 aliphatic rings. The summed E-state index contributed by atoms with van der Waals surface area (Å²) >= 11 is 0. The second kappa shape index (κ2) is 11.0. The van der Waals surface area contributed by atoms with Crippen molar-refractivity contribution >= 4 is 0 Å². The first kappa shape index (κ1) is 31.1. The highest BCUT2D eigenvalue weighted by Gasteiger charge is 2.62. The molecule has 2 aromatic carbocycles. The van der Waals surface area contributed by atoms with Gasteiger partial charge in [-0.15, -0.1) is 13.2 Å². The predicted octanol–water partition coefficient (Wildman–Crippen LogP) is 8.63. The van der Waals surface area contributed by atoms with E-state index in [1.54, 1.807) is 7.11 Å². The molecule has 6 aliphatic carbocycles. The summed E-state index contributed by atoms with van der Waals surface area (Å²) in [5.74, 6) is 3.49. The summed E-state index contributed by atoms with van der Waals surface area (Å²) in [6, 6.07) is 12.5. The summed E-state index contributed by atoms with van der Waals surface area (Å²) in [6.07, 6.45) is 17.2. The van der Waals surface area contributed by atoms with Crippen LogP contribution in [0.15, 0.2) is 61.7 Å². The summed E-state index contributed by atoms with van der Waals surface area (Å²) < 4.78 is 5.41. The van der Waals surface area contributed by atoms with Crippen LogP contribution in [0.3, 0.4) is 0 Å². The molecule has 10 atom stereocenters. The van der Waals surface area contributed by atoms with Crippen molar-refractivity contribution in [2.75, 3.05) is 7.11 Å². The molecule has 4 saturated carbocycles. The van der Waals surface area contributed by atoms with Crippen LogP contribution in [0.1, 0.15) is 112 Å². The maximum atomic E-state index is 10.6. The van der Waals surface area contributed by atoms with Crippen LogP contribution in [0.2, 0.25) is 0 Å². The number of fused-ring (bicyclic) bond motifs is 10. The summed E-state index contributed by atoms with van der Waals surface area (Å²) in [5.41, 5.74) is 6.08. The molecule has 4 fully saturated rings. The normalized spacial score (nSPS) is 42.3. The van der Waals surface area contributed by atoms with E-state index in [4.69, 9.17) is 4.74 Å². The highest BCUT2D eigenvalue weighted by molar-refractivity contribution is 5.44. The Hall–Kier alpha value is -2.56.